The molecule has 0 radical (unpaired) electrons. The Balaban J connectivity index is 0.00000417. The van der Waals surface area contributed by atoms with Crippen molar-refractivity contribution in [2.24, 2.45) is 5.92 Å². The van der Waals surface area contributed by atoms with E-state index in [4.69, 9.17) is 30.5 Å². The lowest BCUT2D eigenvalue weighted by atomic mass is 9.88. The van der Waals surface area contributed by atoms with Gasteiger partial charge in [-0.15, -0.1) is 12.4 Å². The highest BCUT2D eigenvalue weighted by Crippen LogP contribution is 2.41. The first-order valence-corrected chi connectivity index (χ1v) is 15.5. The van der Waals surface area contributed by atoms with Gasteiger partial charge in [0.15, 0.2) is 0 Å². The van der Waals surface area contributed by atoms with Crippen LogP contribution in [0.15, 0.2) is 95.9 Å². The van der Waals surface area contributed by atoms with E-state index < -0.39 is 0 Å². The lowest BCUT2D eigenvalue weighted by Crippen LogP contribution is -2.40. The van der Waals surface area contributed by atoms with Crippen LogP contribution in [0.1, 0.15) is 35.4 Å². The van der Waals surface area contributed by atoms with E-state index >= 15 is 0 Å². The number of rotatable bonds is 9. The minimum Gasteiger partial charge on any atom is -0.497 e. The van der Waals surface area contributed by atoms with Gasteiger partial charge in [0.25, 0.3) is 5.91 Å². The molecular formula is C36H38Cl2N2O6. The molecule has 0 spiro atoms. The maximum absolute atomic E-state index is 13.6. The molecule has 0 N–H and O–H groups in total. The molecule has 1 aliphatic carbocycles. The first-order chi connectivity index (χ1) is 21.8. The van der Waals surface area contributed by atoms with E-state index in [1.54, 1.807) is 43.4 Å². The van der Waals surface area contributed by atoms with Crippen LogP contribution in [0.25, 0.3) is 10.8 Å². The molecule has 3 unspecified atom stereocenters. The third kappa shape index (κ3) is 7.10. The quantitative estimate of drug-likeness (QED) is 0.234. The fraction of sp³-hybridized carbons (Fsp3) is 0.333. The van der Waals surface area contributed by atoms with E-state index in [2.05, 4.69) is 29.2 Å². The van der Waals surface area contributed by atoms with Crippen LogP contribution in [-0.4, -0.2) is 74.8 Å². The van der Waals surface area contributed by atoms with Crippen molar-refractivity contribution >= 4 is 46.7 Å². The molecule has 0 bridgehead atoms. The van der Waals surface area contributed by atoms with Crippen LogP contribution in [0.3, 0.4) is 0 Å². The van der Waals surface area contributed by atoms with E-state index in [0.717, 1.165) is 39.9 Å². The summed E-state index contributed by atoms with van der Waals surface area (Å²) >= 11 is 6.05. The summed E-state index contributed by atoms with van der Waals surface area (Å²) in [4.78, 5) is 30.8. The number of ether oxygens (including phenoxy) is 4. The van der Waals surface area contributed by atoms with Crippen LogP contribution in [0.5, 0.6) is 5.75 Å². The number of morpholine rings is 1. The number of halogens is 2. The van der Waals surface area contributed by atoms with Crippen molar-refractivity contribution in [3.05, 3.63) is 112 Å². The normalized spacial score (nSPS) is 21.0. The van der Waals surface area contributed by atoms with Gasteiger partial charge < -0.3 is 23.8 Å². The van der Waals surface area contributed by atoms with Gasteiger partial charge >= 0.3 is 5.97 Å². The third-order valence-electron chi connectivity index (χ3n) is 8.84. The standard InChI is InChI=1S/C36H37ClN2O6.ClH/c1-23-31(32-20-30(43-3)12-13-33(32)39(23)36(41)24-6-9-28(37)10-7-24)21-35(40)45-17-15-38-14-16-44-34(22-38)27-5-4-26-19-29(42-2)11-8-25(26)18-27;/h4-13,18-20,32-34H,14-17,21-22H2,1-3H3;1H. The summed E-state index contributed by atoms with van der Waals surface area (Å²) in [7, 11) is 3.28. The van der Waals surface area contributed by atoms with Crippen molar-refractivity contribution in [1.29, 1.82) is 0 Å². The molecule has 2 heterocycles. The van der Waals surface area contributed by atoms with Crippen LogP contribution in [0, 0.1) is 5.92 Å². The van der Waals surface area contributed by atoms with Gasteiger partial charge in [0.05, 0.1) is 39.4 Å². The number of carbonyl (C=O) groups excluding carboxylic acids is 2. The SMILES string of the molecule is COC1=CC2C(CC(=O)OCCN3CCOC(c4ccc5cc(OC)ccc5c4)C3)=C(C)N(C(=O)c3ccc(Cl)cc3)C2C=C1.Cl. The van der Waals surface area contributed by atoms with Gasteiger partial charge in [0, 0.05) is 41.8 Å². The zero-order valence-electron chi connectivity index (χ0n) is 26.1. The van der Waals surface area contributed by atoms with Crippen LogP contribution >= 0.6 is 24.0 Å². The van der Waals surface area contributed by atoms with Crippen molar-refractivity contribution in [2.75, 3.05) is 47.1 Å². The second kappa shape index (κ2) is 14.7. The fourth-order valence-electron chi connectivity index (χ4n) is 6.39. The highest BCUT2D eigenvalue weighted by Gasteiger charge is 2.42. The number of benzene rings is 3. The molecule has 1 fully saturated rings. The topological polar surface area (TPSA) is 77.5 Å². The van der Waals surface area contributed by atoms with E-state index in [0.29, 0.717) is 36.0 Å². The van der Waals surface area contributed by atoms with Gasteiger partial charge in [0.2, 0.25) is 0 Å². The molecule has 3 aliphatic rings. The molecule has 3 aromatic carbocycles. The van der Waals surface area contributed by atoms with E-state index in [9.17, 15) is 9.59 Å². The molecule has 46 heavy (non-hydrogen) atoms. The predicted molar refractivity (Wildman–Crippen MR) is 180 cm³/mol. The molecule has 0 saturated carbocycles. The zero-order valence-corrected chi connectivity index (χ0v) is 27.7. The lowest BCUT2D eigenvalue weighted by molar-refractivity contribution is -0.143. The van der Waals surface area contributed by atoms with E-state index in [1.165, 1.54) is 0 Å². The molecule has 10 heteroatoms. The first-order valence-electron chi connectivity index (χ1n) is 15.1. The Labute approximate surface area is 280 Å². The van der Waals surface area contributed by atoms with Crippen molar-refractivity contribution in [3.63, 3.8) is 0 Å². The number of carbonyl (C=O) groups is 2. The van der Waals surface area contributed by atoms with Gasteiger partial charge in [-0.3, -0.25) is 14.5 Å². The lowest BCUT2D eigenvalue weighted by Gasteiger charge is -2.33. The molecule has 8 nitrogen and oxygen atoms in total. The van der Waals surface area contributed by atoms with Crippen LogP contribution in [-0.2, 0) is 19.0 Å². The van der Waals surface area contributed by atoms with Crippen molar-refractivity contribution in [3.8, 4) is 5.75 Å². The Morgan fingerprint density at radius 2 is 1.76 bits per heavy atom. The Bertz CT molecular complexity index is 1690. The minimum atomic E-state index is -0.319. The van der Waals surface area contributed by atoms with Crippen molar-refractivity contribution < 1.29 is 28.5 Å². The third-order valence-corrected chi connectivity index (χ3v) is 9.09. The molecule has 3 atom stereocenters. The monoisotopic (exact) mass is 664 g/mol. The number of amides is 1. The number of hydrogen-bond acceptors (Lipinski definition) is 7. The van der Waals surface area contributed by atoms with Crippen molar-refractivity contribution in [1.82, 2.24) is 9.80 Å². The molecule has 1 amide bonds. The fourth-order valence-corrected chi connectivity index (χ4v) is 6.52. The van der Waals surface area contributed by atoms with Crippen LogP contribution in [0.4, 0.5) is 0 Å². The zero-order chi connectivity index (χ0) is 31.5. The molecule has 2 aliphatic heterocycles. The number of fused-ring (bicyclic) bond motifs is 2. The highest BCUT2D eigenvalue weighted by atomic mass is 35.5. The van der Waals surface area contributed by atoms with Gasteiger partial charge in [0.1, 0.15) is 18.1 Å². The Kier molecular flexibility index (Phi) is 10.7. The molecule has 3 aromatic rings. The summed E-state index contributed by atoms with van der Waals surface area (Å²) in [6.07, 6.45) is 5.83. The van der Waals surface area contributed by atoms with Gasteiger partial charge in [-0.2, -0.15) is 0 Å². The Morgan fingerprint density at radius 3 is 2.52 bits per heavy atom. The second-order valence-electron chi connectivity index (χ2n) is 11.5. The average molecular weight is 666 g/mol. The maximum atomic E-state index is 13.6. The van der Waals surface area contributed by atoms with Crippen molar-refractivity contribution in [2.45, 2.75) is 25.5 Å². The summed E-state index contributed by atoms with van der Waals surface area (Å²) < 4.78 is 22.7. The van der Waals surface area contributed by atoms with Gasteiger partial charge in [-0.05, 0) is 83.4 Å². The van der Waals surface area contributed by atoms with Gasteiger partial charge in [-0.1, -0.05) is 35.9 Å². The molecule has 1 saturated heterocycles. The largest absolute Gasteiger partial charge is 0.497 e. The molecule has 242 valence electrons. The number of methoxy groups -OCH3 is 2. The second-order valence-corrected chi connectivity index (χ2v) is 11.9. The first kappa shape index (κ1) is 33.5. The number of allylic oxidation sites excluding steroid dienone is 2. The van der Waals surface area contributed by atoms with Crippen LogP contribution < -0.4 is 4.74 Å². The minimum absolute atomic E-state index is 0. The summed E-state index contributed by atoms with van der Waals surface area (Å²) in [5.41, 5.74) is 3.26. The summed E-state index contributed by atoms with van der Waals surface area (Å²) in [5, 5.41) is 2.82. The summed E-state index contributed by atoms with van der Waals surface area (Å²) in [6, 6.07) is 19.0. The predicted octanol–water partition coefficient (Wildman–Crippen LogP) is 6.75. The number of esters is 1. The van der Waals surface area contributed by atoms with Crippen LogP contribution in [0.2, 0.25) is 5.02 Å². The summed E-state index contributed by atoms with van der Waals surface area (Å²) in [5.74, 6) is 0.884. The summed E-state index contributed by atoms with van der Waals surface area (Å²) in [6.45, 7) is 4.86. The molecular weight excluding hydrogens is 627 g/mol. The Morgan fingerprint density at radius 1 is 1.00 bits per heavy atom. The number of nitrogens with zero attached hydrogens (tertiary/aromatic N) is 2. The smallest absolute Gasteiger partial charge is 0.310 e. The number of hydrogen-bond donors (Lipinski definition) is 0. The highest BCUT2D eigenvalue weighted by molar-refractivity contribution is 6.30. The average Bonchev–Trinajstić information content (AvgIpc) is 3.33. The Hall–Kier alpha value is -3.82. The molecule has 0 aromatic heterocycles. The maximum Gasteiger partial charge on any atom is 0.310 e. The van der Waals surface area contributed by atoms with E-state index in [1.807, 2.05) is 37.3 Å². The molecule has 6 rings (SSSR count). The van der Waals surface area contributed by atoms with Gasteiger partial charge in [-0.25, -0.2) is 0 Å². The van der Waals surface area contributed by atoms with E-state index in [-0.39, 0.29) is 55.4 Å².